The summed E-state index contributed by atoms with van der Waals surface area (Å²) in [5.74, 6) is -1.60. The first kappa shape index (κ1) is 19.6. The summed E-state index contributed by atoms with van der Waals surface area (Å²) in [7, 11) is 1.49. The number of rotatable bonds is 9. The van der Waals surface area contributed by atoms with Crippen molar-refractivity contribution in [3.63, 3.8) is 0 Å². The second-order valence-corrected chi connectivity index (χ2v) is 6.42. The third-order valence-electron chi connectivity index (χ3n) is 3.58. The summed E-state index contributed by atoms with van der Waals surface area (Å²) in [5.41, 5.74) is 1.23. The molecule has 1 heterocycles. The number of benzene rings is 1. The van der Waals surface area contributed by atoms with E-state index >= 15 is 0 Å². The van der Waals surface area contributed by atoms with Crippen molar-refractivity contribution in [1.82, 2.24) is 10.2 Å². The van der Waals surface area contributed by atoms with Crippen LogP contribution in [0, 0.1) is 0 Å². The molecule has 0 bridgehead atoms. The van der Waals surface area contributed by atoms with E-state index in [4.69, 9.17) is 9.84 Å². The molecule has 0 fully saturated rings. The quantitative estimate of drug-likeness (QED) is 0.696. The van der Waals surface area contributed by atoms with Gasteiger partial charge in [0.05, 0.1) is 11.5 Å². The average Bonchev–Trinajstić information content (AvgIpc) is 3.17. The fourth-order valence-corrected chi connectivity index (χ4v) is 2.88. The number of carboxylic acid groups (broad SMARTS) is 1. The van der Waals surface area contributed by atoms with Crippen molar-refractivity contribution in [2.75, 3.05) is 26.8 Å². The molecule has 2 N–H and O–H groups in total. The van der Waals surface area contributed by atoms with Crippen LogP contribution in [0.1, 0.15) is 25.6 Å². The zero-order valence-electron chi connectivity index (χ0n) is 14.3. The summed E-state index contributed by atoms with van der Waals surface area (Å²) in [6.07, 6.45) is 0. The third-order valence-corrected chi connectivity index (χ3v) is 4.45. The highest BCUT2D eigenvalue weighted by Crippen LogP contribution is 2.10. The molecule has 0 aliphatic rings. The molecule has 2 rings (SSSR count). The number of hydrogen-bond acceptors (Lipinski definition) is 5. The Balaban J connectivity index is 1.97. The lowest BCUT2D eigenvalue weighted by molar-refractivity contribution is -0.137. The van der Waals surface area contributed by atoms with Crippen molar-refractivity contribution < 1.29 is 24.2 Å². The van der Waals surface area contributed by atoms with Crippen molar-refractivity contribution in [3.05, 3.63) is 57.8 Å². The highest BCUT2D eigenvalue weighted by molar-refractivity contribution is 7.12. The van der Waals surface area contributed by atoms with Gasteiger partial charge in [-0.05, 0) is 29.1 Å². The van der Waals surface area contributed by atoms with Crippen LogP contribution in [-0.4, -0.2) is 54.6 Å². The molecule has 0 spiro atoms. The summed E-state index contributed by atoms with van der Waals surface area (Å²) in [4.78, 5) is 37.2. The third kappa shape index (κ3) is 5.68. The topological polar surface area (TPSA) is 95.9 Å². The predicted molar refractivity (Wildman–Crippen MR) is 97.3 cm³/mol. The molecule has 2 aromatic rings. The summed E-state index contributed by atoms with van der Waals surface area (Å²) in [6.45, 7) is 0.403. The van der Waals surface area contributed by atoms with E-state index in [0.29, 0.717) is 17.0 Å². The smallest absolute Gasteiger partial charge is 0.323 e. The van der Waals surface area contributed by atoms with E-state index in [2.05, 4.69) is 5.32 Å². The predicted octanol–water partition coefficient (Wildman–Crippen LogP) is 1.85. The number of nitrogens with zero attached hydrogens (tertiary/aromatic N) is 1. The molecular weight excluding hydrogens is 356 g/mol. The molecule has 0 saturated carbocycles. The second-order valence-electron chi connectivity index (χ2n) is 5.47. The number of nitrogens with one attached hydrogen (secondary N) is 1. The molecule has 2 amide bonds. The number of amides is 2. The minimum atomic E-state index is -1.08. The van der Waals surface area contributed by atoms with Crippen LogP contribution in [0.3, 0.4) is 0 Å². The van der Waals surface area contributed by atoms with E-state index < -0.39 is 5.97 Å². The van der Waals surface area contributed by atoms with Crippen molar-refractivity contribution in [2.45, 2.75) is 6.54 Å². The van der Waals surface area contributed by atoms with Crippen LogP contribution in [0.2, 0.25) is 0 Å². The van der Waals surface area contributed by atoms with E-state index in [1.165, 1.54) is 23.3 Å². The van der Waals surface area contributed by atoms with Crippen molar-refractivity contribution in [3.8, 4) is 0 Å². The first-order valence-electron chi connectivity index (χ1n) is 7.92. The van der Waals surface area contributed by atoms with Gasteiger partial charge in [-0.15, -0.1) is 11.3 Å². The van der Waals surface area contributed by atoms with E-state index in [1.54, 1.807) is 30.3 Å². The number of thiophene rings is 1. The molecule has 26 heavy (non-hydrogen) atoms. The zero-order chi connectivity index (χ0) is 18.9. The van der Waals surface area contributed by atoms with Gasteiger partial charge in [0.25, 0.3) is 11.8 Å². The molecular formula is C18H20N2O5S. The van der Waals surface area contributed by atoms with E-state index in [1.807, 2.05) is 11.4 Å². The minimum absolute atomic E-state index is 0.146. The van der Waals surface area contributed by atoms with Crippen LogP contribution < -0.4 is 5.32 Å². The Morgan fingerprint density at radius 2 is 1.92 bits per heavy atom. The molecule has 8 heteroatoms. The van der Waals surface area contributed by atoms with Gasteiger partial charge in [-0.25, -0.2) is 0 Å². The van der Waals surface area contributed by atoms with Gasteiger partial charge < -0.3 is 20.1 Å². The maximum Gasteiger partial charge on any atom is 0.323 e. The highest BCUT2D eigenvalue weighted by atomic mass is 32.1. The van der Waals surface area contributed by atoms with Gasteiger partial charge in [-0.1, -0.05) is 18.2 Å². The molecule has 0 radical (unpaired) electrons. The Morgan fingerprint density at radius 1 is 1.19 bits per heavy atom. The minimum Gasteiger partial charge on any atom is -0.480 e. The number of carboxylic acids is 1. The molecule has 1 aromatic heterocycles. The molecule has 1 aromatic carbocycles. The van der Waals surface area contributed by atoms with Gasteiger partial charge in [0.2, 0.25) is 0 Å². The lowest BCUT2D eigenvalue weighted by Crippen LogP contribution is -2.38. The van der Waals surface area contributed by atoms with Crippen LogP contribution in [-0.2, 0) is 16.1 Å². The number of carbonyl (C=O) groups is 3. The molecule has 138 valence electrons. The Hall–Kier alpha value is -2.71. The molecule has 0 atom stereocenters. The summed E-state index contributed by atoms with van der Waals surface area (Å²) < 4.78 is 4.92. The summed E-state index contributed by atoms with van der Waals surface area (Å²) in [6, 6.07) is 10.3. The van der Waals surface area contributed by atoms with Crippen molar-refractivity contribution in [2.24, 2.45) is 0 Å². The number of ether oxygens (including phenoxy) is 1. The normalized spacial score (nSPS) is 10.3. The SMILES string of the molecule is COCCN(CC(=O)O)C(=O)c1ccc(CNC(=O)c2cccs2)cc1. The van der Waals surface area contributed by atoms with Crippen molar-refractivity contribution in [1.29, 1.82) is 0 Å². The largest absolute Gasteiger partial charge is 0.480 e. The van der Waals surface area contributed by atoms with Crippen LogP contribution in [0.25, 0.3) is 0 Å². The first-order valence-corrected chi connectivity index (χ1v) is 8.80. The van der Waals surface area contributed by atoms with Crippen LogP contribution in [0.5, 0.6) is 0 Å². The Labute approximate surface area is 155 Å². The second kappa shape index (κ2) is 9.69. The number of carbonyl (C=O) groups excluding carboxylic acids is 2. The van der Waals surface area contributed by atoms with E-state index in [0.717, 1.165) is 5.56 Å². The van der Waals surface area contributed by atoms with Crippen molar-refractivity contribution >= 4 is 29.1 Å². The lowest BCUT2D eigenvalue weighted by atomic mass is 10.1. The van der Waals surface area contributed by atoms with Crippen LogP contribution in [0.4, 0.5) is 0 Å². The zero-order valence-corrected chi connectivity index (χ0v) is 15.1. The fraction of sp³-hybridized carbons (Fsp3) is 0.278. The molecule has 0 aliphatic heterocycles. The molecule has 0 aliphatic carbocycles. The number of aliphatic carboxylic acids is 1. The van der Waals surface area contributed by atoms with E-state index in [9.17, 15) is 14.4 Å². The van der Waals surface area contributed by atoms with Gasteiger partial charge >= 0.3 is 5.97 Å². The van der Waals surface area contributed by atoms with Gasteiger partial charge in [-0.3, -0.25) is 14.4 Å². The lowest BCUT2D eigenvalue weighted by Gasteiger charge is -2.20. The van der Waals surface area contributed by atoms with Gasteiger partial charge in [0, 0.05) is 25.8 Å². The summed E-state index contributed by atoms with van der Waals surface area (Å²) in [5, 5.41) is 13.6. The average molecular weight is 376 g/mol. The van der Waals surface area contributed by atoms with Gasteiger partial charge in [0.1, 0.15) is 6.54 Å². The standard InChI is InChI=1S/C18H20N2O5S/c1-25-9-8-20(12-16(21)22)18(24)14-6-4-13(5-7-14)11-19-17(23)15-3-2-10-26-15/h2-7,10H,8-9,11-12H2,1H3,(H,19,23)(H,21,22). The maximum atomic E-state index is 12.5. The highest BCUT2D eigenvalue weighted by Gasteiger charge is 2.18. The fourth-order valence-electron chi connectivity index (χ4n) is 2.24. The Morgan fingerprint density at radius 3 is 2.50 bits per heavy atom. The number of hydrogen-bond donors (Lipinski definition) is 2. The summed E-state index contributed by atoms with van der Waals surface area (Å²) >= 11 is 1.37. The van der Waals surface area contributed by atoms with Gasteiger partial charge in [0.15, 0.2) is 0 Å². The number of methoxy groups -OCH3 is 1. The van der Waals surface area contributed by atoms with Crippen LogP contribution >= 0.6 is 11.3 Å². The van der Waals surface area contributed by atoms with E-state index in [-0.39, 0.29) is 31.5 Å². The molecule has 0 unspecified atom stereocenters. The van der Waals surface area contributed by atoms with Crippen LogP contribution in [0.15, 0.2) is 41.8 Å². The Kier molecular flexibility index (Phi) is 7.31. The Bertz CT molecular complexity index is 743. The molecule has 0 saturated heterocycles. The first-order chi connectivity index (χ1) is 12.5. The molecule has 7 nitrogen and oxygen atoms in total. The van der Waals surface area contributed by atoms with Gasteiger partial charge in [-0.2, -0.15) is 0 Å². The maximum absolute atomic E-state index is 12.5. The monoisotopic (exact) mass is 376 g/mol.